The Morgan fingerprint density at radius 3 is 2.33 bits per heavy atom. The molecule has 0 amide bonds. The second-order valence-corrected chi connectivity index (χ2v) is 0.890. The smallest absolute Gasteiger partial charge is 0.0612 e. The number of rotatable bonds is 2. The molecule has 0 aliphatic rings. The van der Waals surface area contributed by atoms with Gasteiger partial charge in [0.2, 0.25) is 0 Å². The molecule has 34 valence electrons. The molecule has 0 bridgehead atoms. The summed E-state index contributed by atoms with van der Waals surface area (Å²) in [6.07, 6.45) is 3.83. The van der Waals surface area contributed by atoms with Crippen LogP contribution in [0.5, 0.6) is 0 Å². The standard InChI is InChI=1S/C5H8O/c1-2-3-4-5-6/h1,3-4,6H,2,5H2. The molecule has 1 nitrogen and oxygen atoms in total. The molecule has 0 spiro atoms. The third kappa shape index (κ3) is 3.70. The van der Waals surface area contributed by atoms with Crippen molar-refractivity contribution in [1.29, 1.82) is 0 Å². The lowest BCUT2D eigenvalue weighted by atomic mass is 10.4. The first-order valence-electron chi connectivity index (χ1n) is 1.87. The molecule has 0 unspecified atom stereocenters. The van der Waals surface area contributed by atoms with Crippen LogP contribution >= 0.6 is 0 Å². The van der Waals surface area contributed by atoms with Gasteiger partial charge in [-0.25, -0.2) is 0 Å². The molecule has 0 saturated carbocycles. The molecule has 0 aromatic rings. The van der Waals surface area contributed by atoms with Gasteiger partial charge in [0.05, 0.1) is 6.61 Å². The lowest BCUT2D eigenvalue weighted by Gasteiger charge is -1.72. The van der Waals surface area contributed by atoms with Gasteiger partial charge in [-0.1, -0.05) is 12.2 Å². The van der Waals surface area contributed by atoms with E-state index in [1.807, 2.05) is 0 Å². The van der Waals surface area contributed by atoms with Crippen molar-refractivity contribution in [1.82, 2.24) is 0 Å². The van der Waals surface area contributed by atoms with Crippen molar-refractivity contribution in [3.05, 3.63) is 19.1 Å². The third-order valence-electron chi connectivity index (χ3n) is 0.408. The maximum Gasteiger partial charge on any atom is 0.0612 e. The van der Waals surface area contributed by atoms with E-state index in [-0.39, 0.29) is 6.61 Å². The number of hydrogen-bond acceptors (Lipinski definition) is 1. The molecule has 0 atom stereocenters. The van der Waals surface area contributed by atoms with E-state index in [0.29, 0.717) is 6.42 Å². The predicted octanol–water partition coefficient (Wildman–Crippen LogP) is 0.636. The maximum atomic E-state index is 8.06. The fraction of sp³-hybridized carbons (Fsp3) is 0.400. The predicted molar refractivity (Wildman–Crippen MR) is 25.1 cm³/mol. The fourth-order valence-electron chi connectivity index (χ4n) is 0.171. The summed E-state index contributed by atoms with van der Waals surface area (Å²) in [5, 5.41) is 8.06. The molecular formula is C5H8O. The SMILES string of the molecule is [CH]CC=CCO. The van der Waals surface area contributed by atoms with Crippen LogP contribution in [0.3, 0.4) is 0 Å². The van der Waals surface area contributed by atoms with Crippen LogP contribution in [-0.2, 0) is 0 Å². The van der Waals surface area contributed by atoms with Crippen molar-refractivity contribution in [3.8, 4) is 0 Å². The highest BCUT2D eigenvalue weighted by molar-refractivity contribution is 4.80. The van der Waals surface area contributed by atoms with E-state index in [1.165, 1.54) is 0 Å². The molecule has 1 heteroatoms. The largest absolute Gasteiger partial charge is 0.392 e. The lowest BCUT2D eigenvalue weighted by Crippen LogP contribution is -1.67. The molecule has 6 heavy (non-hydrogen) atoms. The Labute approximate surface area is 38.3 Å². The minimum absolute atomic E-state index is 0.0944. The summed E-state index contributed by atoms with van der Waals surface area (Å²) < 4.78 is 0. The molecule has 0 aromatic carbocycles. The summed E-state index contributed by atoms with van der Waals surface area (Å²) in [5.74, 6) is 0. The van der Waals surface area contributed by atoms with Gasteiger partial charge in [0.15, 0.2) is 0 Å². The fourth-order valence-corrected chi connectivity index (χ4v) is 0.171. The lowest BCUT2D eigenvalue weighted by molar-refractivity contribution is 0.342. The van der Waals surface area contributed by atoms with Crippen LogP contribution in [0.4, 0.5) is 0 Å². The molecule has 0 aliphatic heterocycles. The second-order valence-electron chi connectivity index (χ2n) is 0.890. The minimum Gasteiger partial charge on any atom is -0.392 e. The average molecular weight is 84.1 g/mol. The van der Waals surface area contributed by atoms with Crippen LogP contribution in [0, 0.1) is 6.92 Å². The Kier molecular flexibility index (Phi) is 4.46. The van der Waals surface area contributed by atoms with Crippen LogP contribution < -0.4 is 0 Å². The summed E-state index contributed by atoms with van der Waals surface area (Å²) in [5.41, 5.74) is 0. The molecule has 0 rings (SSSR count). The van der Waals surface area contributed by atoms with Gasteiger partial charge in [0, 0.05) is 0 Å². The highest BCUT2D eigenvalue weighted by Gasteiger charge is 1.61. The monoisotopic (exact) mass is 84.1 g/mol. The van der Waals surface area contributed by atoms with Crippen molar-refractivity contribution in [2.45, 2.75) is 6.42 Å². The van der Waals surface area contributed by atoms with Crippen molar-refractivity contribution in [3.63, 3.8) is 0 Å². The van der Waals surface area contributed by atoms with Gasteiger partial charge in [0.25, 0.3) is 0 Å². The third-order valence-corrected chi connectivity index (χ3v) is 0.408. The molecule has 0 saturated heterocycles. The number of aliphatic hydroxyl groups excluding tert-OH is 1. The number of hydrogen-bond donors (Lipinski definition) is 1. The second kappa shape index (κ2) is 4.70. The van der Waals surface area contributed by atoms with Crippen LogP contribution in [0.2, 0.25) is 0 Å². The summed E-state index contributed by atoms with van der Waals surface area (Å²) in [6, 6.07) is 0. The summed E-state index contributed by atoms with van der Waals surface area (Å²) in [6.45, 7) is 5.11. The molecule has 0 aliphatic carbocycles. The van der Waals surface area contributed by atoms with Gasteiger partial charge in [-0.3, -0.25) is 0 Å². The Morgan fingerprint density at radius 1 is 1.50 bits per heavy atom. The Morgan fingerprint density at radius 2 is 2.17 bits per heavy atom. The van der Waals surface area contributed by atoms with E-state index < -0.39 is 0 Å². The first-order valence-corrected chi connectivity index (χ1v) is 1.87. The molecule has 0 fully saturated rings. The van der Waals surface area contributed by atoms with Crippen molar-refractivity contribution in [2.24, 2.45) is 0 Å². The Balaban J connectivity index is 2.73. The van der Waals surface area contributed by atoms with Gasteiger partial charge in [0.1, 0.15) is 0 Å². The quantitative estimate of drug-likeness (QED) is 0.487. The van der Waals surface area contributed by atoms with Gasteiger partial charge in [-0.15, -0.1) is 0 Å². The zero-order chi connectivity index (χ0) is 4.83. The molecule has 1 N–H and O–H groups in total. The normalized spacial score (nSPS) is 10.3. The molecular weight excluding hydrogens is 76.1 g/mol. The van der Waals surface area contributed by atoms with Gasteiger partial charge < -0.3 is 5.11 Å². The summed E-state index contributed by atoms with van der Waals surface area (Å²) >= 11 is 0. The molecule has 0 heterocycles. The van der Waals surface area contributed by atoms with Gasteiger partial charge in [-0.2, -0.15) is 0 Å². The zero-order valence-corrected chi connectivity index (χ0v) is 3.59. The van der Waals surface area contributed by atoms with E-state index in [2.05, 4.69) is 0 Å². The van der Waals surface area contributed by atoms with E-state index in [9.17, 15) is 0 Å². The highest BCUT2D eigenvalue weighted by atomic mass is 16.2. The van der Waals surface area contributed by atoms with E-state index >= 15 is 0 Å². The van der Waals surface area contributed by atoms with Crippen LogP contribution in [-0.4, -0.2) is 11.7 Å². The maximum absolute atomic E-state index is 8.06. The summed E-state index contributed by atoms with van der Waals surface area (Å²) in [7, 11) is 0. The van der Waals surface area contributed by atoms with Crippen molar-refractivity contribution < 1.29 is 5.11 Å². The van der Waals surface area contributed by atoms with Gasteiger partial charge in [-0.05, 0) is 13.3 Å². The van der Waals surface area contributed by atoms with E-state index in [0.717, 1.165) is 0 Å². The number of aliphatic hydroxyl groups is 1. The highest BCUT2D eigenvalue weighted by Crippen LogP contribution is 1.74. The Hall–Kier alpha value is -0.300. The molecule has 0 aromatic heterocycles. The number of allylic oxidation sites excluding steroid dienone is 1. The molecule has 2 radical (unpaired) electrons. The van der Waals surface area contributed by atoms with Crippen LogP contribution in [0.1, 0.15) is 6.42 Å². The first-order chi connectivity index (χ1) is 2.91. The zero-order valence-electron chi connectivity index (χ0n) is 3.59. The average Bonchev–Trinajstić information content (AvgIpc) is 1.61. The minimum atomic E-state index is 0.0944. The van der Waals surface area contributed by atoms with Crippen molar-refractivity contribution >= 4 is 0 Å². The first kappa shape index (κ1) is 5.70. The van der Waals surface area contributed by atoms with Crippen LogP contribution in [0.25, 0.3) is 0 Å². The Bertz CT molecular complexity index is 33.2. The van der Waals surface area contributed by atoms with Crippen molar-refractivity contribution in [2.75, 3.05) is 6.61 Å². The van der Waals surface area contributed by atoms with Gasteiger partial charge >= 0.3 is 0 Å². The summed E-state index contributed by atoms with van der Waals surface area (Å²) in [4.78, 5) is 0. The van der Waals surface area contributed by atoms with E-state index in [1.54, 1.807) is 12.2 Å². The van der Waals surface area contributed by atoms with E-state index in [4.69, 9.17) is 12.0 Å². The topological polar surface area (TPSA) is 20.2 Å². The van der Waals surface area contributed by atoms with Crippen LogP contribution in [0.15, 0.2) is 12.2 Å².